The van der Waals surface area contributed by atoms with Gasteiger partial charge < -0.3 is 14.6 Å². The van der Waals surface area contributed by atoms with Crippen LogP contribution in [0.1, 0.15) is 44.4 Å². The van der Waals surface area contributed by atoms with E-state index >= 15 is 0 Å². The van der Waals surface area contributed by atoms with E-state index in [1.807, 2.05) is 69.3 Å². The highest BCUT2D eigenvalue weighted by molar-refractivity contribution is 6.02. The Bertz CT molecular complexity index is 1460. The van der Waals surface area contributed by atoms with Crippen LogP contribution in [-0.4, -0.2) is 28.3 Å². The van der Waals surface area contributed by atoms with E-state index in [-0.39, 0.29) is 5.82 Å². The molecule has 1 atom stereocenters. The maximum atomic E-state index is 14.2. The first-order chi connectivity index (χ1) is 17.2. The molecule has 1 aliphatic rings. The summed E-state index contributed by atoms with van der Waals surface area (Å²) in [5.74, 6) is -0.634. The summed E-state index contributed by atoms with van der Waals surface area (Å²) in [6.07, 6.45) is 0.517. The van der Waals surface area contributed by atoms with Gasteiger partial charge in [0.1, 0.15) is 11.6 Å². The van der Waals surface area contributed by atoms with E-state index in [4.69, 9.17) is 14.5 Å². The van der Waals surface area contributed by atoms with Crippen molar-refractivity contribution in [2.75, 3.05) is 6.61 Å². The first kappa shape index (κ1) is 23.9. The van der Waals surface area contributed by atoms with Crippen molar-refractivity contribution in [2.45, 2.75) is 45.3 Å². The van der Waals surface area contributed by atoms with Crippen LogP contribution in [0.2, 0.25) is 0 Å². The van der Waals surface area contributed by atoms with Crippen molar-refractivity contribution in [2.24, 2.45) is 0 Å². The second-order valence-corrected chi connectivity index (χ2v) is 10.0. The van der Waals surface area contributed by atoms with Crippen LogP contribution in [0.4, 0.5) is 4.39 Å². The number of aryl methyl sites for hydroxylation is 1. The lowest BCUT2D eigenvalue weighted by Gasteiger charge is -2.28. The first-order valence-electron chi connectivity index (χ1n) is 12.1. The average Bonchev–Trinajstić information content (AvgIpc) is 2.85. The van der Waals surface area contributed by atoms with E-state index in [0.29, 0.717) is 34.5 Å². The monoisotopic (exact) mass is 485 g/mol. The van der Waals surface area contributed by atoms with Gasteiger partial charge in [0, 0.05) is 22.1 Å². The highest BCUT2D eigenvalue weighted by Crippen LogP contribution is 2.41. The number of ether oxygens (including phenoxy) is 2. The van der Waals surface area contributed by atoms with Gasteiger partial charge >= 0.3 is 5.97 Å². The third-order valence-electron chi connectivity index (χ3n) is 6.19. The number of carboxylic acids is 1. The zero-order valence-corrected chi connectivity index (χ0v) is 20.5. The molecule has 0 fully saturated rings. The molecule has 0 amide bonds. The Morgan fingerprint density at radius 2 is 1.75 bits per heavy atom. The summed E-state index contributed by atoms with van der Waals surface area (Å²) in [5.41, 5.74) is 3.27. The molecule has 2 heterocycles. The number of aromatic nitrogens is 1. The van der Waals surface area contributed by atoms with Gasteiger partial charge in [0.15, 0.2) is 6.10 Å². The second kappa shape index (κ2) is 9.36. The summed E-state index contributed by atoms with van der Waals surface area (Å²) in [6.45, 7) is 6.16. The average molecular weight is 486 g/mol. The first-order valence-corrected chi connectivity index (χ1v) is 12.1. The zero-order chi connectivity index (χ0) is 25.4. The number of rotatable bonds is 5. The number of nitrogens with zero attached hydrogens (tertiary/aromatic N) is 1. The van der Waals surface area contributed by atoms with Crippen LogP contribution < -0.4 is 4.74 Å². The zero-order valence-electron chi connectivity index (χ0n) is 20.5. The molecule has 4 aromatic rings. The Labute approximate surface area is 209 Å². The molecule has 0 saturated heterocycles. The molecule has 0 radical (unpaired) electrons. The summed E-state index contributed by atoms with van der Waals surface area (Å²) in [7, 11) is 0. The largest absolute Gasteiger partial charge is 0.493 e. The van der Waals surface area contributed by atoms with Crippen LogP contribution in [0.5, 0.6) is 5.75 Å². The fourth-order valence-corrected chi connectivity index (χ4v) is 4.72. The van der Waals surface area contributed by atoms with Gasteiger partial charge in [-0.25, -0.2) is 14.2 Å². The van der Waals surface area contributed by atoms with Gasteiger partial charge in [-0.1, -0.05) is 36.4 Å². The second-order valence-electron chi connectivity index (χ2n) is 10.0. The quantitative estimate of drug-likeness (QED) is 0.330. The minimum absolute atomic E-state index is 0.366. The smallest absolute Gasteiger partial charge is 0.337 e. The lowest BCUT2D eigenvalue weighted by atomic mass is 9.91. The Balaban J connectivity index is 1.85. The van der Waals surface area contributed by atoms with E-state index in [2.05, 4.69) is 0 Å². The van der Waals surface area contributed by atoms with E-state index in [1.54, 1.807) is 6.07 Å². The van der Waals surface area contributed by atoms with Crippen molar-refractivity contribution in [3.05, 3.63) is 83.7 Å². The molecule has 6 heteroatoms. The Morgan fingerprint density at radius 3 is 2.47 bits per heavy atom. The third kappa shape index (κ3) is 4.69. The molecular formula is C30H28FNO4. The predicted octanol–water partition coefficient (Wildman–Crippen LogP) is 6.97. The van der Waals surface area contributed by atoms with Crippen molar-refractivity contribution in [3.63, 3.8) is 0 Å². The standard InChI is InChI=1S/C30H28FNO4/c1-30(2,3)36-28(29(33)34)25-22-11-4-5-12-23(22)26(19-8-6-10-21(31)17-19)32-27(25)20-13-14-24-18(16-20)9-7-15-35-24/h4-6,8,10-14,16-17,28H,7,9,15H2,1-3H3,(H,33,34). The molecule has 0 saturated carbocycles. The maximum absolute atomic E-state index is 14.2. The molecule has 0 aliphatic carbocycles. The van der Waals surface area contributed by atoms with Crippen LogP contribution in [0.3, 0.4) is 0 Å². The number of benzene rings is 3. The van der Waals surface area contributed by atoms with Crippen LogP contribution >= 0.6 is 0 Å². The lowest BCUT2D eigenvalue weighted by Crippen LogP contribution is -2.28. The van der Waals surface area contributed by atoms with Gasteiger partial charge in [0.25, 0.3) is 0 Å². The fourth-order valence-electron chi connectivity index (χ4n) is 4.72. The fraction of sp³-hybridized carbons (Fsp3) is 0.267. The summed E-state index contributed by atoms with van der Waals surface area (Å²) in [6, 6.07) is 19.6. The number of aliphatic carboxylic acids is 1. The van der Waals surface area contributed by atoms with Crippen molar-refractivity contribution in [1.29, 1.82) is 0 Å². The van der Waals surface area contributed by atoms with E-state index in [0.717, 1.165) is 35.1 Å². The molecular weight excluding hydrogens is 457 g/mol. The summed E-state index contributed by atoms with van der Waals surface area (Å²) in [5, 5.41) is 11.7. The van der Waals surface area contributed by atoms with Gasteiger partial charge in [-0.2, -0.15) is 0 Å². The molecule has 36 heavy (non-hydrogen) atoms. The number of carbonyl (C=O) groups is 1. The molecule has 184 valence electrons. The molecule has 0 spiro atoms. The number of carboxylic acid groups (broad SMARTS) is 1. The Morgan fingerprint density at radius 1 is 1.00 bits per heavy atom. The van der Waals surface area contributed by atoms with E-state index < -0.39 is 17.7 Å². The van der Waals surface area contributed by atoms with Gasteiger partial charge in [-0.05, 0) is 74.9 Å². The SMILES string of the molecule is CC(C)(C)OC(C(=O)O)c1c(-c2ccc3c(c2)CCCO3)nc(-c2cccc(F)c2)c2ccccc12. The molecule has 1 unspecified atom stereocenters. The normalized spacial score (nSPS) is 14.2. The maximum Gasteiger partial charge on any atom is 0.337 e. The Hall–Kier alpha value is -3.77. The molecule has 1 aromatic heterocycles. The third-order valence-corrected chi connectivity index (χ3v) is 6.19. The highest BCUT2D eigenvalue weighted by atomic mass is 19.1. The number of halogens is 1. The summed E-state index contributed by atoms with van der Waals surface area (Å²) < 4.78 is 26.1. The molecule has 1 aliphatic heterocycles. The molecule has 3 aromatic carbocycles. The lowest BCUT2D eigenvalue weighted by molar-refractivity contribution is -0.160. The van der Waals surface area contributed by atoms with E-state index in [1.165, 1.54) is 12.1 Å². The van der Waals surface area contributed by atoms with Crippen LogP contribution in [0.25, 0.3) is 33.3 Å². The number of hydrogen-bond acceptors (Lipinski definition) is 4. The minimum atomic E-state index is -1.26. The number of fused-ring (bicyclic) bond motifs is 2. The minimum Gasteiger partial charge on any atom is -0.493 e. The molecule has 5 rings (SSSR count). The molecule has 1 N–H and O–H groups in total. The molecule has 5 nitrogen and oxygen atoms in total. The van der Waals surface area contributed by atoms with E-state index in [9.17, 15) is 14.3 Å². The van der Waals surface area contributed by atoms with Crippen molar-refractivity contribution >= 4 is 16.7 Å². The van der Waals surface area contributed by atoms with Crippen LogP contribution in [-0.2, 0) is 16.0 Å². The summed E-state index contributed by atoms with van der Waals surface area (Å²) >= 11 is 0. The topological polar surface area (TPSA) is 68.7 Å². The van der Waals surface area contributed by atoms with Crippen LogP contribution in [0, 0.1) is 5.82 Å². The van der Waals surface area contributed by atoms with Gasteiger partial charge in [-0.15, -0.1) is 0 Å². The van der Waals surface area contributed by atoms with Gasteiger partial charge in [0.05, 0.1) is 23.6 Å². The number of pyridine rings is 1. The highest BCUT2D eigenvalue weighted by Gasteiger charge is 2.32. The predicted molar refractivity (Wildman–Crippen MR) is 138 cm³/mol. The van der Waals surface area contributed by atoms with Crippen molar-refractivity contribution in [1.82, 2.24) is 4.98 Å². The number of hydrogen-bond donors (Lipinski definition) is 1. The van der Waals surface area contributed by atoms with Gasteiger partial charge in [0.2, 0.25) is 0 Å². The Kier molecular flexibility index (Phi) is 6.22. The van der Waals surface area contributed by atoms with Gasteiger partial charge in [-0.3, -0.25) is 0 Å². The van der Waals surface area contributed by atoms with Crippen molar-refractivity contribution in [3.8, 4) is 28.3 Å². The van der Waals surface area contributed by atoms with Crippen LogP contribution in [0.15, 0.2) is 66.7 Å². The molecule has 0 bridgehead atoms. The van der Waals surface area contributed by atoms with Crippen molar-refractivity contribution < 1.29 is 23.8 Å². The summed E-state index contributed by atoms with van der Waals surface area (Å²) in [4.78, 5) is 17.6.